The molecule has 2 nitrogen and oxygen atoms in total. The monoisotopic (exact) mass is 271 g/mol. The third-order valence-corrected chi connectivity index (χ3v) is 3.94. The summed E-state index contributed by atoms with van der Waals surface area (Å²) < 4.78 is 13.7. The van der Waals surface area contributed by atoms with Gasteiger partial charge in [0, 0.05) is 24.3 Å². The van der Waals surface area contributed by atoms with Gasteiger partial charge in [0.2, 0.25) is 0 Å². The Morgan fingerprint density at radius 2 is 1.75 bits per heavy atom. The molecule has 0 amide bonds. The van der Waals surface area contributed by atoms with Gasteiger partial charge in [-0.3, -0.25) is 0 Å². The van der Waals surface area contributed by atoms with Crippen LogP contribution in [0.2, 0.25) is 0 Å². The van der Waals surface area contributed by atoms with Gasteiger partial charge in [-0.15, -0.1) is 0 Å². The van der Waals surface area contributed by atoms with E-state index in [-0.39, 0.29) is 5.82 Å². The van der Waals surface area contributed by atoms with E-state index < -0.39 is 6.10 Å². The summed E-state index contributed by atoms with van der Waals surface area (Å²) >= 11 is 0. The molecule has 3 heteroatoms. The third-order valence-electron chi connectivity index (χ3n) is 3.94. The van der Waals surface area contributed by atoms with Crippen molar-refractivity contribution in [3.8, 4) is 0 Å². The van der Waals surface area contributed by atoms with Gasteiger partial charge in [-0.1, -0.05) is 24.3 Å². The van der Waals surface area contributed by atoms with Crippen molar-refractivity contribution in [1.29, 1.82) is 0 Å². The molecule has 0 spiro atoms. The first kappa shape index (κ1) is 13.1. The Balaban J connectivity index is 2.02. The minimum Gasteiger partial charge on any atom is -0.389 e. The topological polar surface area (TPSA) is 23.5 Å². The molecule has 104 valence electrons. The second kappa shape index (κ2) is 4.91. The number of fused-ring (bicyclic) bond motifs is 1. The van der Waals surface area contributed by atoms with E-state index in [4.69, 9.17) is 0 Å². The molecule has 1 aliphatic heterocycles. The van der Waals surface area contributed by atoms with E-state index in [0.29, 0.717) is 11.1 Å². The maximum absolute atomic E-state index is 13.7. The van der Waals surface area contributed by atoms with Crippen molar-refractivity contribution in [3.05, 3.63) is 64.5 Å². The first-order valence-corrected chi connectivity index (χ1v) is 6.86. The summed E-state index contributed by atoms with van der Waals surface area (Å²) in [6.07, 6.45) is -0.677. The second-order valence-electron chi connectivity index (χ2n) is 5.46. The Morgan fingerprint density at radius 3 is 2.30 bits per heavy atom. The lowest BCUT2D eigenvalue weighted by atomic mass is 10.0. The van der Waals surface area contributed by atoms with Crippen LogP contribution in [0.3, 0.4) is 0 Å². The molecule has 1 unspecified atom stereocenters. The van der Waals surface area contributed by atoms with Gasteiger partial charge in [0.25, 0.3) is 0 Å². The number of benzene rings is 2. The molecule has 1 aliphatic rings. The standard InChI is InChI=1S/C17H18FNO/c1-11-7-17(15(12(2)20)8-16(11)18)19-9-13-5-3-4-6-14(13)10-19/h3-8,12,20H,9-10H2,1-2H3. The molecular weight excluding hydrogens is 253 g/mol. The number of anilines is 1. The molecule has 0 radical (unpaired) electrons. The number of halogens is 1. The molecule has 20 heavy (non-hydrogen) atoms. The van der Waals surface area contributed by atoms with Gasteiger partial charge < -0.3 is 10.0 Å². The van der Waals surface area contributed by atoms with Crippen molar-refractivity contribution in [1.82, 2.24) is 0 Å². The number of aliphatic hydroxyl groups excluding tert-OH is 1. The van der Waals surface area contributed by atoms with Crippen LogP contribution in [0.4, 0.5) is 10.1 Å². The lowest BCUT2D eigenvalue weighted by Crippen LogP contribution is -2.17. The fourth-order valence-corrected chi connectivity index (χ4v) is 2.79. The summed E-state index contributed by atoms with van der Waals surface area (Å²) in [6, 6.07) is 11.6. The quantitative estimate of drug-likeness (QED) is 0.900. The SMILES string of the molecule is Cc1cc(N2Cc3ccccc3C2)c(C(C)O)cc1F. The maximum Gasteiger partial charge on any atom is 0.126 e. The van der Waals surface area contributed by atoms with Crippen molar-refractivity contribution in [2.24, 2.45) is 0 Å². The molecular formula is C17H18FNO. The molecule has 0 fully saturated rings. The van der Waals surface area contributed by atoms with Gasteiger partial charge in [-0.2, -0.15) is 0 Å². The van der Waals surface area contributed by atoms with Gasteiger partial charge in [0.15, 0.2) is 0 Å². The van der Waals surface area contributed by atoms with Crippen LogP contribution in [0.5, 0.6) is 0 Å². The number of aliphatic hydroxyl groups is 1. The summed E-state index contributed by atoms with van der Waals surface area (Å²) in [6.45, 7) is 5.05. The zero-order valence-electron chi connectivity index (χ0n) is 11.7. The first-order chi connectivity index (χ1) is 9.56. The number of hydrogen-bond acceptors (Lipinski definition) is 2. The predicted octanol–water partition coefficient (Wildman–Crippen LogP) is 3.71. The highest BCUT2D eigenvalue weighted by Crippen LogP contribution is 2.34. The highest BCUT2D eigenvalue weighted by Gasteiger charge is 2.23. The summed E-state index contributed by atoms with van der Waals surface area (Å²) in [4.78, 5) is 2.19. The number of nitrogens with zero attached hydrogens (tertiary/aromatic N) is 1. The smallest absolute Gasteiger partial charge is 0.126 e. The average molecular weight is 271 g/mol. The van der Waals surface area contributed by atoms with Crippen LogP contribution in [0, 0.1) is 12.7 Å². The van der Waals surface area contributed by atoms with Gasteiger partial charge >= 0.3 is 0 Å². The van der Waals surface area contributed by atoms with Crippen LogP contribution in [0.25, 0.3) is 0 Å². The van der Waals surface area contributed by atoms with Crippen LogP contribution in [0.15, 0.2) is 36.4 Å². The Bertz CT molecular complexity index is 626. The second-order valence-corrected chi connectivity index (χ2v) is 5.46. The largest absolute Gasteiger partial charge is 0.389 e. The minimum absolute atomic E-state index is 0.263. The van der Waals surface area contributed by atoms with E-state index >= 15 is 0 Å². The Kier molecular flexibility index (Phi) is 3.22. The minimum atomic E-state index is -0.677. The summed E-state index contributed by atoms with van der Waals surface area (Å²) in [5, 5.41) is 9.90. The van der Waals surface area contributed by atoms with E-state index in [0.717, 1.165) is 18.8 Å². The van der Waals surface area contributed by atoms with E-state index in [1.54, 1.807) is 13.8 Å². The van der Waals surface area contributed by atoms with E-state index in [2.05, 4.69) is 17.0 Å². The fraction of sp³-hybridized carbons (Fsp3) is 0.294. The number of aryl methyl sites for hydroxylation is 1. The van der Waals surface area contributed by atoms with Crippen LogP contribution >= 0.6 is 0 Å². The van der Waals surface area contributed by atoms with E-state index in [1.807, 2.05) is 18.2 Å². The van der Waals surface area contributed by atoms with Gasteiger partial charge in [0.05, 0.1) is 6.10 Å². The highest BCUT2D eigenvalue weighted by atomic mass is 19.1. The van der Waals surface area contributed by atoms with Crippen molar-refractivity contribution in [2.75, 3.05) is 4.90 Å². The van der Waals surface area contributed by atoms with Crippen molar-refractivity contribution >= 4 is 5.69 Å². The summed E-state index contributed by atoms with van der Waals surface area (Å²) in [7, 11) is 0. The fourth-order valence-electron chi connectivity index (χ4n) is 2.79. The Labute approximate surface area is 118 Å². The van der Waals surface area contributed by atoms with Crippen LogP contribution in [0.1, 0.15) is 35.3 Å². The Morgan fingerprint density at radius 1 is 1.15 bits per heavy atom. The number of rotatable bonds is 2. The molecule has 0 bridgehead atoms. The van der Waals surface area contributed by atoms with Gasteiger partial charge in [-0.05, 0) is 42.7 Å². The zero-order valence-corrected chi connectivity index (χ0v) is 11.7. The van der Waals surface area contributed by atoms with Crippen molar-refractivity contribution in [3.63, 3.8) is 0 Å². The molecule has 1 N–H and O–H groups in total. The summed E-state index contributed by atoms with van der Waals surface area (Å²) in [5.74, 6) is -0.263. The Hall–Kier alpha value is -1.87. The lowest BCUT2D eigenvalue weighted by Gasteiger charge is -2.23. The first-order valence-electron chi connectivity index (χ1n) is 6.86. The van der Waals surface area contributed by atoms with Gasteiger partial charge in [-0.25, -0.2) is 4.39 Å². The van der Waals surface area contributed by atoms with Crippen LogP contribution in [-0.4, -0.2) is 5.11 Å². The molecule has 0 aliphatic carbocycles. The molecule has 2 aromatic carbocycles. The molecule has 2 aromatic rings. The van der Waals surface area contributed by atoms with Gasteiger partial charge in [0.1, 0.15) is 5.82 Å². The predicted molar refractivity (Wildman–Crippen MR) is 78.1 cm³/mol. The van der Waals surface area contributed by atoms with Crippen LogP contribution < -0.4 is 4.90 Å². The molecule has 0 saturated heterocycles. The number of hydrogen-bond donors (Lipinski definition) is 1. The molecule has 1 heterocycles. The van der Waals surface area contributed by atoms with Crippen molar-refractivity contribution in [2.45, 2.75) is 33.0 Å². The zero-order chi connectivity index (χ0) is 14.3. The highest BCUT2D eigenvalue weighted by molar-refractivity contribution is 5.59. The van der Waals surface area contributed by atoms with Crippen LogP contribution in [-0.2, 0) is 13.1 Å². The molecule has 0 saturated carbocycles. The van der Waals surface area contributed by atoms with Crippen molar-refractivity contribution < 1.29 is 9.50 Å². The van der Waals surface area contributed by atoms with E-state index in [9.17, 15) is 9.50 Å². The van der Waals surface area contributed by atoms with E-state index in [1.165, 1.54) is 17.2 Å². The summed E-state index contributed by atoms with van der Waals surface area (Å²) in [5.41, 5.74) is 4.79. The lowest BCUT2D eigenvalue weighted by molar-refractivity contribution is 0.199. The average Bonchev–Trinajstić information content (AvgIpc) is 2.84. The normalized spacial score (nSPS) is 15.3. The molecule has 0 aromatic heterocycles. The molecule has 1 atom stereocenters. The molecule has 3 rings (SSSR count). The maximum atomic E-state index is 13.7. The third kappa shape index (κ3) is 2.18.